The molecule has 1 aromatic heterocycles. The summed E-state index contributed by atoms with van der Waals surface area (Å²) in [6, 6.07) is 17.0. The standard InChI is InChI=1S/C19H18N4O2S/c1-13-6-5-7-14(10-13)11-16(24)20-12-17-22-23-19(26-17)18(25)21-15-8-3-2-4-9-15/h2-10H,11-12H2,1H3,(H,20,24)(H,21,25). The van der Waals surface area contributed by atoms with Gasteiger partial charge in [0.1, 0.15) is 5.01 Å². The van der Waals surface area contributed by atoms with E-state index >= 15 is 0 Å². The molecule has 2 aromatic carbocycles. The zero-order valence-electron chi connectivity index (χ0n) is 14.2. The summed E-state index contributed by atoms with van der Waals surface area (Å²) in [5.74, 6) is -0.410. The van der Waals surface area contributed by atoms with Gasteiger partial charge in [-0.1, -0.05) is 59.4 Å². The highest BCUT2D eigenvalue weighted by atomic mass is 32.1. The van der Waals surface area contributed by atoms with E-state index in [-0.39, 0.29) is 23.4 Å². The van der Waals surface area contributed by atoms with E-state index in [0.29, 0.717) is 17.1 Å². The Bertz CT molecular complexity index is 909. The normalized spacial score (nSPS) is 10.3. The van der Waals surface area contributed by atoms with Crippen LogP contribution in [0.1, 0.15) is 25.9 Å². The summed E-state index contributed by atoms with van der Waals surface area (Å²) in [6.45, 7) is 2.24. The van der Waals surface area contributed by atoms with Crippen LogP contribution in [0.25, 0.3) is 0 Å². The molecule has 26 heavy (non-hydrogen) atoms. The first-order valence-corrected chi connectivity index (χ1v) is 8.93. The Morgan fingerprint density at radius 2 is 1.85 bits per heavy atom. The summed E-state index contributed by atoms with van der Waals surface area (Å²) in [5, 5.41) is 14.3. The molecule has 0 atom stereocenters. The monoisotopic (exact) mass is 366 g/mol. The third-order valence-corrected chi connectivity index (χ3v) is 4.50. The Balaban J connectivity index is 1.52. The number of anilines is 1. The van der Waals surface area contributed by atoms with Gasteiger partial charge in [0, 0.05) is 5.69 Å². The van der Waals surface area contributed by atoms with Crippen molar-refractivity contribution in [1.29, 1.82) is 0 Å². The molecule has 0 spiro atoms. The second kappa shape index (κ2) is 8.35. The molecule has 6 nitrogen and oxygen atoms in total. The minimum absolute atomic E-state index is 0.0962. The SMILES string of the molecule is Cc1cccc(CC(=O)NCc2nnc(C(=O)Nc3ccccc3)s2)c1. The number of nitrogens with zero attached hydrogens (tertiary/aromatic N) is 2. The molecule has 3 rings (SSSR count). The number of amides is 2. The Labute approximate surface area is 155 Å². The highest BCUT2D eigenvalue weighted by molar-refractivity contribution is 7.13. The van der Waals surface area contributed by atoms with Crippen LogP contribution >= 0.6 is 11.3 Å². The smallest absolute Gasteiger partial charge is 0.286 e. The molecule has 0 saturated heterocycles. The number of nitrogens with one attached hydrogen (secondary N) is 2. The molecule has 0 aliphatic rings. The van der Waals surface area contributed by atoms with Crippen LogP contribution in [0.2, 0.25) is 0 Å². The lowest BCUT2D eigenvalue weighted by molar-refractivity contribution is -0.120. The lowest BCUT2D eigenvalue weighted by atomic mass is 10.1. The van der Waals surface area contributed by atoms with E-state index in [4.69, 9.17) is 0 Å². The number of carbonyl (C=O) groups excluding carboxylic acids is 2. The number of hydrogen-bond donors (Lipinski definition) is 2. The molecule has 132 valence electrons. The maximum absolute atomic E-state index is 12.1. The first-order valence-electron chi connectivity index (χ1n) is 8.11. The lowest BCUT2D eigenvalue weighted by Gasteiger charge is -2.04. The van der Waals surface area contributed by atoms with E-state index in [1.54, 1.807) is 12.1 Å². The van der Waals surface area contributed by atoms with Crippen LogP contribution in [0.5, 0.6) is 0 Å². The molecule has 0 unspecified atom stereocenters. The van der Waals surface area contributed by atoms with Crippen molar-refractivity contribution >= 4 is 28.8 Å². The van der Waals surface area contributed by atoms with Gasteiger partial charge < -0.3 is 10.6 Å². The van der Waals surface area contributed by atoms with Crippen LogP contribution in [0.4, 0.5) is 5.69 Å². The summed E-state index contributed by atoms with van der Waals surface area (Å²) in [7, 11) is 0. The predicted octanol–water partition coefficient (Wildman–Crippen LogP) is 2.96. The van der Waals surface area contributed by atoms with E-state index in [2.05, 4.69) is 20.8 Å². The Morgan fingerprint density at radius 1 is 1.04 bits per heavy atom. The van der Waals surface area contributed by atoms with E-state index in [1.807, 2.05) is 49.4 Å². The van der Waals surface area contributed by atoms with Crippen molar-refractivity contribution in [3.63, 3.8) is 0 Å². The minimum atomic E-state index is -0.314. The number of hydrogen-bond acceptors (Lipinski definition) is 5. The third kappa shape index (κ3) is 4.97. The summed E-state index contributed by atoms with van der Waals surface area (Å²) in [6.07, 6.45) is 0.307. The van der Waals surface area contributed by atoms with E-state index < -0.39 is 0 Å². The molecule has 0 fully saturated rings. The molecule has 2 amide bonds. The van der Waals surface area contributed by atoms with Gasteiger partial charge >= 0.3 is 0 Å². The summed E-state index contributed by atoms with van der Waals surface area (Å²) < 4.78 is 0. The quantitative estimate of drug-likeness (QED) is 0.702. The summed E-state index contributed by atoms with van der Waals surface area (Å²) >= 11 is 1.16. The van der Waals surface area contributed by atoms with Crippen molar-refractivity contribution < 1.29 is 9.59 Å². The Kier molecular flexibility index (Phi) is 5.70. The van der Waals surface area contributed by atoms with Crippen molar-refractivity contribution in [2.45, 2.75) is 19.9 Å². The zero-order chi connectivity index (χ0) is 18.4. The van der Waals surface area contributed by atoms with E-state index in [0.717, 1.165) is 22.5 Å². The zero-order valence-corrected chi connectivity index (χ0v) is 15.0. The van der Waals surface area contributed by atoms with Crippen LogP contribution in [0, 0.1) is 6.92 Å². The molecule has 0 aliphatic heterocycles. The van der Waals surface area contributed by atoms with Crippen LogP contribution in [0.15, 0.2) is 54.6 Å². The van der Waals surface area contributed by atoms with Gasteiger partial charge in [0.05, 0.1) is 13.0 Å². The van der Waals surface area contributed by atoms with Crippen LogP contribution in [-0.2, 0) is 17.8 Å². The summed E-state index contributed by atoms with van der Waals surface area (Å²) in [4.78, 5) is 24.2. The molecule has 0 saturated carbocycles. The number of aryl methyl sites for hydroxylation is 1. The Hall–Kier alpha value is -3.06. The maximum atomic E-state index is 12.1. The third-order valence-electron chi connectivity index (χ3n) is 3.58. The average molecular weight is 366 g/mol. The van der Waals surface area contributed by atoms with Crippen molar-refractivity contribution in [2.75, 3.05) is 5.32 Å². The number of carbonyl (C=O) groups is 2. The fraction of sp³-hybridized carbons (Fsp3) is 0.158. The number of benzene rings is 2. The molecular weight excluding hydrogens is 348 g/mol. The van der Waals surface area contributed by atoms with Crippen LogP contribution < -0.4 is 10.6 Å². The van der Waals surface area contributed by atoms with Gasteiger partial charge in [0.2, 0.25) is 10.9 Å². The highest BCUT2D eigenvalue weighted by Crippen LogP contribution is 2.13. The molecule has 7 heteroatoms. The first-order chi connectivity index (χ1) is 12.6. The van der Waals surface area contributed by atoms with E-state index in [1.165, 1.54) is 0 Å². The largest absolute Gasteiger partial charge is 0.349 e. The fourth-order valence-corrected chi connectivity index (χ4v) is 3.04. The van der Waals surface area contributed by atoms with E-state index in [9.17, 15) is 9.59 Å². The van der Waals surface area contributed by atoms with Gasteiger partial charge in [-0.05, 0) is 24.6 Å². The van der Waals surface area contributed by atoms with Gasteiger partial charge in [-0.2, -0.15) is 0 Å². The second-order valence-corrected chi connectivity index (χ2v) is 6.83. The first kappa shape index (κ1) is 17.8. The average Bonchev–Trinajstić information content (AvgIpc) is 3.10. The molecule has 0 bridgehead atoms. The second-order valence-electron chi connectivity index (χ2n) is 5.76. The number of para-hydroxylation sites is 1. The highest BCUT2D eigenvalue weighted by Gasteiger charge is 2.13. The lowest BCUT2D eigenvalue weighted by Crippen LogP contribution is -2.24. The fourth-order valence-electron chi connectivity index (χ4n) is 2.37. The molecule has 0 aliphatic carbocycles. The maximum Gasteiger partial charge on any atom is 0.286 e. The molecule has 0 radical (unpaired) electrons. The number of aromatic nitrogens is 2. The predicted molar refractivity (Wildman–Crippen MR) is 101 cm³/mol. The molecular formula is C19H18N4O2S. The van der Waals surface area contributed by atoms with Crippen molar-refractivity contribution in [2.24, 2.45) is 0 Å². The molecule has 3 aromatic rings. The molecule has 1 heterocycles. The topological polar surface area (TPSA) is 84.0 Å². The van der Waals surface area contributed by atoms with Gasteiger partial charge in [0.25, 0.3) is 5.91 Å². The van der Waals surface area contributed by atoms with Crippen molar-refractivity contribution in [3.05, 3.63) is 75.7 Å². The van der Waals surface area contributed by atoms with Gasteiger partial charge in [-0.3, -0.25) is 9.59 Å². The van der Waals surface area contributed by atoms with Gasteiger partial charge in [0.15, 0.2) is 0 Å². The van der Waals surface area contributed by atoms with Crippen molar-refractivity contribution in [1.82, 2.24) is 15.5 Å². The van der Waals surface area contributed by atoms with Gasteiger partial charge in [-0.25, -0.2) is 0 Å². The Morgan fingerprint density at radius 3 is 2.62 bits per heavy atom. The van der Waals surface area contributed by atoms with Gasteiger partial charge in [-0.15, -0.1) is 10.2 Å². The summed E-state index contributed by atoms with van der Waals surface area (Å²) in [5.41, 5.74) is 2.77. The number of rotatable bonds is 6. The van der Waals surface area contributed by atoms with Crippen LogP contribution in [-0.4, -0.2) is 22.0 Å². The van der Waals surface area contributed by atoms with Crippen LogP contribution in [0.3, 0.4) is 0 Å². The molecule has 2 N–H and O–H groups in total. The minimum Gasteiger partial charge on any atom is -0.349 e. The van der Waals surface area contributed by atoms with Crippen molar-refractivity contribution in [3.8, 4) is 0 Å².